The van der Waals surface area contributed by atoms with Crippen LogP contribution in [0.4, 0.5) is 11.6 Å². The van der Waals surface area contributed by atoms with Crippen LogP contribution in [0.15, 0.2) is 12.4 Å². The minimum atomic E-state index is -0.293. The Morgan fingerprint density at radius 1 is 1.25 bits per heavy atom. The van der Waals surface area contributed by atoms with E-state index in [9.17, 15) is 5.11 Å². The maximum atomic E-state index is 9.94. The zero-order valence-corrected chi connectivity index (χ0v) is 9.26. The quantitative estimate of drug-likeness (QED) is 0.654. The first-order valence-corrected chi connectivity index (χ1v) is 5.78. The summed E-state index contributed by atoms with van der Waals surface area (Å²) in [4.78, 5) is 7.92. The molecule has 2 unspecified atom stereocenters. The van der Waals surface area contributed by atoms with E-state index in [0.29, 0.717) is 11.6 Å². The number of nitrogens with zero attached hydrogens (tertiary/aromatic N) is 2. The molecule has 0 bridgehead atoms. The van der Waals surface area contributed by atoms with Gasteiger partial charge in [-0.2, -0.15) is 0 Å². The fraction of sp³-hybridized carbons (Fsp3) is 0.636. The van der Waals surface area contributed by atoms with E-state index in [-0.39, 0.29) is 12.1 Å². The first kappa shape index (κ1) is 11.1. The van der Waals surface area contributed by atoms with E-state index >= 15 is 0 Å². The second-order valence-corrected chi connectivity index (χ2v) is 4.28. The summed E-state index contributed by atoms with van der Waals surface area (Å²) in [7, 11) is 0. The number of hydrogen-bond acceptors (Lipinski definition) is 5. The lowest BCUT2D eigenvalue weighted by Gasteiger charge is -2.22. The third kappa shape index (κ3) is 2.82. The van der Waals surface area contributed by atoms with E-state index in [0.717, 1.165) is 25.7 Å². The molecule has 0 spiro atoms. The maximum Gasteiger partial charge on any atom is 0.131 e. The Hall–Kier alpha value is -1.36. The second-order valence-electron chi connectivity index (χ2n) is 4.28. The normalized spacial score (nSPS) is 26.1. The van der Waals surface area contributed by atoms with Crippen molar-refractivity contribution in [3.05, 3.63) is 12.4 Å². The Bertz CT molecular complexity index is 345. The molecule has 2 atom stereocenters. The molecule has 1 aromatic rings. The smallest absolute Gasteiger partial charge is 0.131 e. The number of aliphatic hydroxyl groups is 1. The highest BCUT2D eigenvalue weighted by atomic mass is 16.3. The molecule has 88 valence electrons. The van der Waals surface area contributed by atoms with Gasteiger partial charge in [0.25, 0.3) is 0 Å². The summed E-state index contributed by atoms with van der Waals surface area (Å²) in [5, 5.41) is 13.2. The van der Waals surface area contributed by atoms with Gasteiger partial charge in [0.1, 0.15) is 18.0 Å². The zero-order valence-electron chi connectivity index (χ0n) is 9.26. The van der Waals surface area contributed by atoms with Crippen molar-refractivity contribution < 1.29 is 5.11 Å². The summed E-state index contributed by atoms with van der Waals surface area (Å²) >= 11 is 0. The van der Waals surface area contributed by atoms with E-state index in [1.54, 1.807) is 6.07 Å². The van der Waals surface area contributed by atoms with Crippen molar-refractivity contribution in [2.24, 2.45) is 0 Å². The summed E-state index contributed by atoms with van der Waals surface area (Å²) in [6.45, 7) is 0. The van der Waals surface area contributed by atoms with Crippen LogP contribution in [0.5, 0.6) is 0 Å². The Kier molecular flexibility index (Phi) is 3.56. The Morgan fingerprint density at radius 2 is 2.06 bits per heavy atom. The molecular weight excluding hydrogens is 204 g/mol. The first-order chi connectivity index (χ1) is 7.75. The first-order valence-electron chi connectivity index (χ1n) is 5.78. The third-order valence-electron chi connectivity index (χ3n) is 3.00. The van der Waals surface area contributed by atoms with Crippen molar-refractivity contribution in [3.8, 4) is 0 Å². The van der Waals surface area contributed by atoms with Gasteiger partial charge in [-0.25, -0.2) is 9.97 Å². The van der Waals surface area contributed by atoms with Gasteiger partial charge < -0.3 is 16.2 Å². The van der Waals surface area contributed by atoms with Crippen LogP contribution in [-0.2, 0) is 0 Å². The highest BCUT2D eigenvalue weighted by Crippen LogP contribution is 2.21. The third-order valence-corrected chi connectivity index (χ3v) is 3.00. The van der Waals surface area contributed by atoms with Gasteiger partial charge in [-0.15, -0.1) is 0 Å². The van der Waals surface area contributed by atoms with Gasteiger partial charge in [0.05, 0.1) is 12.1 Å². The van der Waals surface area contributed by atoms with Crippen molar-refractivity contribution in [2.75, 3.05) is 11.1 Å². The molecule has 1 aliphatic rings. The molecule has 16 heavy (non-hydrogen) atoms. The van der Waals surface area contributed by atoms with E-state index in [4.69, 9.17) is 5.73 Å². The molecule has 1 saturated carbocycles. The van der Waals surface area contributed by atoms with Crippen molar-refractivity contribution in [3.63, 3.8) is 0 Å². The van der Waals surface area contributed by atoms with Crippen LogP contribution in [-0.4, -0.2) is 27.2 Å². The number of nitrogens with two attached hydrogens (primary N) is 1. The average molecular weight is 222 g/mol. The Labute approximate surface area is 95.1 Å². The van der Waals surface area contributed by atoms with Gasteiger partial charge in [-0.05, 0) is 12.8 Å². The molecule has 0 radical (unpaired) electrons. The van der Waals surface area contributed by atoms with Crippen LogP contribution in [0.3, 0.4) is 0 Å². The molecule has 5 nitrogen and oxygen atoms in total. The predicted octanol–water partition coefficient (Wildman–Crippen LogP) is 1.16. The lowest BCUT2D eigenvalue weighted by atomic mass is 10.1. The molecule has 1 fully saturated rings. The van der Waals surface area contributed by atoms with Crippen LogP contribution in [0.25, 0.3) is 0 Å². The number of hydrogen-bond donors (Lipinski definition) is 3. The molecular formula is C11H18N4O. The maximum absolute atomic E-state index is 9.94. The molecule has 0 saturated heterocycles. The lowest BCUT2D eigenvalue weighted by Crippen LogP contribution is -2.32. The monoisotopic (exact) mass is 222 g/mol. The van der Waals surface area contributed by atoms with Crippen LogP contribution in [0.2, 0.25) is 0 Å². The summed E-state index contributed by atoms with van der Waals surface area (Å²) in [6, 6.07) is 1.77. The van der Waals surface area contributed by atoms with Gasteiger partial charge in [0.15, 0.2) is 0 Å². The average Bonchev–Trinajstić information content (AvgIpc) is 2.45. The SMILES string of the molecule is Nc1cc(NC2CCCCCC2O)ncn1. The van der Waals surface area contributed by atoms with E-state index in [1.165, 1.54) is 12.7 Å². The summed E-state index contributed by atoms with van der Waals surface area (Å²) in [6.07, 6.45) is 6.42. The van der Waals surface area contributed by atoms with Crippen LogP contribution in [0, 0.1) is 0 Å². The molecule has 4 N–H and O–H groups in total. The minimum Gasteiger partial charge on any atom is -0.391 e. The standard InChI is InChI=1S/C11H18N4O/c12-10-6-11(14-7-13-10)15-8-4-2-1-3-5-9(8)16/h6-9,16H,1-5H2,(H3,12,13,14,15). The second kappa shape index (κ2) is 5.12. The topological polar surface area (TPSA) is 84.1 Å². The number of aromatic nitrogens is 2. The molecule has 1 heterocycles. The predicted molar refractivity (Wildman–Crippen MR) is 62.9 cm³/mol. The van der Waals surface area contributed by atoms with Gasteiger partial charge in [-0.3, -0.25) is 0 Å². The molecule has 2 rings (SSSR count). The highest BCUT2D eigenvalue weighted by Gasteiger charge is 2.21. The van der Waals surface area contributed by atoms with Gasteiger partial charge in [-0.1, -0.05) is 19.3 Å². The summed E-state index contributed by atoms with van der Waals surface area (Å²) in [5.41, 5.74) is 5.58. The number of nitrogens with one attached hydrogen (secondary N) is 1. The van der Waals surface area contributed by atoms with Crippen LogP contribution in [0.1, 0.15) is 32.1 Å². The number of aliphatic hydroxyl groups excluding tert-OH is 1. The summed E-state index contributed by atoms with van der Waals surface area (Å²) in [5.74, 6) is 1.14. The van der Waals surface area contributed by atoms with Gasteiger partial charge >= 0.3 is 0 Å². The van der Waals surface area contributed by atoms with Gasteiger partial charge in [0, 0.05) is 6.07 Å². The number of anilines is 2. The van der Waals surface area contributed by atoms with Crippen molar-refractivity contribution in [2.45, 2.75) is 44.2 Å². The molecule has 0 aliphatic heterocycles. The van der Waals surface area contributed by atoms with E-state index in [1.807, 2.05) is 0 Å². The summed E-state index contributed by atoms with van der Waals surface area (Å²) < 4.78 is 0. The van der Waals surface area contributed by atoms with Gasteiger partial charge in [0.2, 0.25) is 0 Å². The highest BCUT2D eigenvalue weighted by molar-refractivity contribution is 5.44. The molecule has 1 aromatic heterocycles. The van der Waals surface area contributed by atoms with Crippen molar-refractivity contribution in [1.29, 1.82) is 0 Å². The Balaban J connectivity index is 2.02. The zero-order chi connectivity index (χ0) is 11.4. The lowest BCUT2D eigenvalue weighted by molar-refractivity contribution is 0.144. The van der Waals surface area contributed by atoms with E-state index < -0.39 is 0 Å². The fourth-order valence-electron chi connectivity index (χ4n) is 2.10. The largest absolute Gasteiger partial charge is 0.391 e. The van der Waals surface area contributed by atoms with E-state index in [2.05, 4.69) is 15.3 Å². The molecule has 0 aromatic carbocycles. The van der Waals surface area contributed by atoms with Crippen molar-refractivity contribution >= 4 is 11.6 Å². The Morgan fingerprint density at radius 3 is 2.88 bits per heavy atom. The van der Waals surface area contributed by atoms with Crippen molar-refractivity contribution in [1.82, 2.24) is 9.97 Å². The molecule has 0 amide bonds. The fourth-order valence-corrected chi connectivity index (χ4v) is 2.10. The molecule has 1 aliphatic carbocycles. The van der Waals surface area contributed by atoms with Crippen LogP contribution < -0.4 is 11.1 Å². The minimum absolute atomic E-state index is 0.0804. The number of nitrogen functional groups attached to an aromatic ring is 1. The van der Waals surface area contributed by atoms with Crippen LogP contribution >= 0.6 is 0 Å². The molecule has 5 heteroatoms. The number of rotatable bonds is 2.